The largest absolute Gasteiger partial charge is 0.316 e. The molecule has 0 spiro atoms. The summed E-state index contributed by atoms with van der Waals surface area (Å²) in [6, 6.07) is 7.66. The highest BCUT2D eigenvalue weighted by molar-refractivity contribution is 7.15. The van der Waals surface area contributed by atoms with Gasteiger partial charge in [-0.2, -0.15) is 0 Å². The first-order chi connectivity index (χ1) is 10.6. The molecule has 1 aliphatic rings. The molecular formula is C15H18Cl2N4OS. The van der Waals surface area contributed by atoms with Gasteiger partial charge in [0.25, 0.3) is 0 Å². The van der Waals surface area contributed by atoms with Gasteiger partial charge in [0.15, 0.2) is 0 Å². The van der Waals surface area contributed by atoms with Crippen LogP contribution >= 0.6 is 35.3 Å². The summed E-state index contributed by atoms with van der Waals surface area (Å²) < 4.78 is 0. The fourth-order valence-electron chi connectivity index (χ4n) is 2.29. The minimum atomic E-state index is -0.0125. The first-order valence-corrected chi connectivity index (χ1v) is 8.39. The molecule has 1 aromatic heterocycles. The molecule has 1 saturated heterocycles. The molecule has 0 radical (unpaired) electrons. The van der Waals surface area contributed by atoms with Gasteiger partial charge in [-0.1, -0.05) is 42.0 Å². The fourth-order valence-corrected chi connectivity index (χ4v) is 3.28. The Bertz CT molecular complexity index is 675. The van der Waals surface area contributed by atoms with Crippen LogP contribution in [0, 0.1) is 11.8 Å². The minimum absolute atomic E-state index is 0. The van der Waals surface area contributed by atoms with Gasteiger partial charge < -0.3 is 10.6 Å². The van der Waals surface area contributed by atoms with Gasteiger partial charge in [-0.15, -0.1) is 22.6 Å². The molecule has 2 heterocycles. The quantitative estimate of drug-likeness (QED) is 0.846. The van der Waals surface area contributed by atoms with E-state index in [1.807, 2.05) is 31.2 Å². The topological polar surface area (TPSA) is 66.9 Å². The van der Waals surface area contributed by atoms with Gasteiger partial charge in [0.2, 0.25) is 11.0 Å². The van der Waals surface area contributed by atoms with E-state index in [0.29, 0.717) is 22.5 Å². The van der Waals surface area contributed by atoms with Crippen molar-refractivity contribution in [2.75, 3.05) is 18.4 Å². The second-order valence-corrected chi connectivity index (χ2v) is 7.00. The van der Waals surface area contributed by atoms with Crippen molar-refractivity contribution in [3.05, 3.63) is 39.9 Å². The lowest BCUT2D eigenvalue weighted by atomic mass is 9.88. The molecule has 3 rings (SSSR count). The van der Waals surface area contributed by atoms with Crippen molar-refractivity contribution in [2.24, 2.45) is 11.8 Å². The molecule has 23 heavy (non-hydrogen) atoms. The molecule has 0 aliphatic carbocycles. The Morgan fingerprint density at radius 3 is 2.91 bits per heavy atom. The lowest BCUT2D eigenvalue weighted by molar-refractivity contribution is -0.121. The van der Waals surface area contributed by atoms with E-state index in [2.05, 4.69) is 20.8 Å². The normalized spacial score (nSPS) is 15.4. The molecule has 0 saturated carbocycles. The van der Waals surface area contributed by atoms with Crippen molar-refractivity contribution >= 4 is 46.4 Å². The predicted octanol–water partition coefficient (Wildman–Crippen LogP) is 3.00. The molecule has 1 aliphatic heterocycles. The van der Waals surface area contributed by atoms with Crippen molar-refractivity contribution in [3.8, 4) is 0 Å². The number of halogens is 2. The third-order valence-electron chi connectivity index (χ3n) is 3.88. The summed E-state index contributed by atoms with van der Waals surface area (Å²) in [4.78, 5) is 12.1. The Morgan fingerprint density at radius 1 is 1.48 bits per heavy atom. The van der Waals surface area contributed by atoms with Crippen molar-refractivity contribution in [1.82, 2.24) is 15.5 Å². The Labute approximate surface area is 150 Å². The standard InChI is InChI=1S/C15H17ClN4OS.ClH/c1-9(11-7-17-8-11)14(21)18-15-20-19-13(22-15)6-10-3-2-4-12(16)5-10;/h2-5,9,11,17H,6-8H2,1H3,(H,18,20,21);1H. The maximum absolute atomic E-state index is 12.1. The van der Waals surface area contributed by atoms with Gasteiger partial charge in [-0.25, -0.2) is 0 Å². The van der Waals surface area contributed by atoms with Crippen molar-refractivity contribution < 1.29 is 4.79 Å². The second-order valence-electron chi connectivity index (χ2n) is 5.50. The molecule has 0 bridgehead atoms. The summed E-state index contributed by atoms with van der Waals surface area (Å²) in [5.41, 5.74) is 1.08. The third-order valence-corrected chi connectivity index (χ3v) is 4.95. The molecule has 1 aromatic carbocycles. The number of benzene rings is 1. The van der Waals surface area contributed by atoms with Crippen LogP contribution in [0.25, 0.3) is 0 Å². The Balaban J connectivity index is 0.00000192. The highest BCUT2D eigenvalue weighted by Gasteiger charge is 2.29. The Morgan fingerprint density at radius 2 is 2.26 bits per heavy atom. The summed E-state index contributed by atoms with van der Waals surface area (Å²) in [5.74, 6) is 0.414. The van der Waals surface area contributed by atoms with E-state index in [4.69, 9.17) is 11.6 Å². The number of amides is 1. The zero-order valence-corrected chi connectivity index (χ0v) is 15.0. The van der Waals surface area contributed by atoms with Gasteiger partial charge in [-0.05, 0) is 36.7 Å². The molecule has 5 nitrogen and oxygen atoms in total. The van der Waals surface area contributed by atoms with Crippen LogP contribution in [0.15, 0.2) is 24.3 Å². The highest BCUT2D eigenvalue weighted by Crippen LogP contribution is 2.22. The van der Waals surface area contributed by atoms with E-state index >= 15 is 0 Å². The van der Waals surface area contributed by atoms with Crippen LogP contribution < -0.4 is 10.6 Å². The zero-order chi connectivity index (χ0) is 15.5. The van der Waals surface area contributed by atoms with Crippen LogP contribution in [0.3, 0.4) is 0 Å². The number of carbonyl (C=O) groups is 1. The Kier molecular flexibility index (Phi) is 6.35. The number of hydrogen-bond donors (Lipinski definition) is 2. The summed E-state index contributed by atoms with van der Waals surface area (Å²) in [6.45, 7) is 3.77. The van der Waals surface area contributed by atoms with E-state index < -0.39 is 0 Å². The van der Waals surface area contributed by atoms with Crippen molar-refractivity contribution in [1.29, 1.82) is 0 Å². The molecule has 2 aromatic rings. The first-order valence-electron chi connectivity index (χ1n) is 7.20. The monoisotopic (exact) mass is 372 g/mol. The highest BCUT2D eigenvalue weighted by atomic mass is 35.5. The minimum Gasteiger partial charge on any atom is -0.316 e. The molecular weight excluding hydrogens is 355 g/mol. The maximum Gasteiger partial charge on any atom is 0.229 e. The number of anilines is 1. The molecule has 1 amide bonds. The fraction of sp³-hybridized carbons (Fsp3) is 0.400. The van der Waals surface area contributed by atoms with Gasteiger partial charge >= 0.3 is 0 Å². The third kappa shape index (κ3) is 4.64. The van der Waals surface area contributed by atoms with E-state index in [0.717, 1.165) is 23.7 Å². The lowest BCUT2D eigenvalue weighted by Crippen LogP contribution is -2.48. The first kappa shape index (κ1) is 18.1. The van der Waals surface area contributed by atoms with E-state index in [1.54, 1.807) is 0 Å². The molecule has 1 atom stereocenters. The van der Waals surface area contributed by atoms with Crippen molar-refractivity contribution in [2.45, 2.75) is 13.3 Å². The number of nitrogens with one attached hydrogen (secondary N) is 2. The summed E-state index contributed by atoms with van der Waals surface area (Å²) in [7, 11) is 0. The number of hydrogen-bond acceptors (Lipinski definition) is 5. The molecule has 2 N–H and O–H groups in total. The maximum atomic E-state index is 12.1. The van der Waals surface area contributed by atoms with Crippen LogP contribution in [0.5, 0.6) is 0 Å². The smallest absolute Gasteiger partial charge is 0.229 e. The number of nitrogens with zero attached hydrogens (tertiary/aromatic N) is 2. The van der Waals surface area contributed by atoms with Gasteiger partial charge in [-0.3, -0.25) is 4.79 Å². The predicted molar refractivity (Wildman–Crippen MR) is 95.6 cm³/mol. The van der Waals surface area contributed by atoms with Gasteiger partial charge in [0.05, 0.1) is 0 Å². The van der Waals surface area contributed by atoms with E-state index in [-0.39, 0.29) is 24.2 Å². The second kappa shape index (κ2) is 8.06. The number of carbonyl (C=O) groups excluding carboxylic acids is 1. The summed E-state index contributed by atoms with van der Waals surface area (Å²) in [5, 5.41) is 16.3. The molecule has 1 unspecified atom stereocenters. The van der Waals surface area contributed by atoms with Gasteiger partial charge in [0, 0.05) is 17.4 Å². The molecule has 8 heteroatoms. The Hall–Kier alpha value is -1.21. The van der Waals surface area contributed by atoms with Gasteiger partial charge in [0.1, 0.15) is 5.01 Å². The van der Waals surface area contributed by atoms with Crippen LogP contribution in [0.2, 0.25) is 5.02 Å². The molecule has 1 fully saturated rings. The van der Waals surface area contributed by atoms with Crippen LogP contribution in [-0.2, 0) is 11.2 Å². The average molecular weight is 373 g/mol. The van der Waals surface area contributed by atoms with E-state index in [1.165, 1.54) is 11.3 Å². The van der Waals surface area contributed by atoms with Crippen molar-refractivity contribution in [3.63, 3.8) is 0 Å². The molecule has 124 valence electrons. The van der Waals surface area contributed by atoms with Crippen LogP contribution in [-0.4, -0.2) is 29.2 Å². The SMILES string of the molecule is CC(C(=O)Nc1nnc(Cc2cccc(Cl)c2)s1)C1CNC1.Cl. The van der Waals surface area contributed by atoms with Crippen LogP contribution in [0.1, 0.15) is 17.5 Å². The average Bonchev–Trinajstić information content (AvgIpc) is 2.84. The number of rotatable bonds is 5. The number of aromatic nitrogens is 2. The van der Waals surface area contributed by atoms with Crippen LogP contribution in [0.4, 0.5) is 5.13 Å². The summed E-state index contributed by atoms with van der Waals surface area (Å²) >= 11 is 7.38. The summed E-state index contributed by atoms with van der Waals surface area (Å²) in [6.07, 6.45) is 0.663. The van der Waals surface area contributed by atoms with E-state index in [9.17, 15) is 4.79 Å². The zero-order valence-electron chi connectivity index (χ0n) is 12.6. The lowest BCUT2D eigenvalue weighted by Gasteiger charge is -2.31.